The number of rotatable bonds is 10. The molecule has 7 heteroatoms. The van der Waals surface area contributed by atoms with Gasteiger partial charge < -0.3 is 19.9 Å². The van der Waals surface area contributed by atoms with Crippen LogP contribution in [-0.2, 0) is 11.3 Å². The molecule has 0 saturated carbocycles. The average Bonchev–Trinajstić information content (AvgIpc) is 2.83. The number of nitrogens with zero attached hydrogens (tertiary/aromatic N) is 1. The summed E-state index contributed by atoms with van der Waals surface area (Å²) in [5.41, 5.74) is 3.95. The van der Waals surface area contributed by atoms with E-state index in [-0.39, 0.29) is 18.6 Å². The molecule has 32 heavy (non-hydrogen) atoms. The van der Waals surface area contributed by atoms with Crippen molar-refractivity contribution >= 4 is 17.5 Å². The van der Waals surface area contributed by atoms with Gasteiger partial charge >= 0.3 is 0 Å². The molecule has 2 aromatic carbocycles. The fourth-order valence-electron chi connectivity index (χ4n) is 3.31. The molecule has 6 nitrogen and oxygen atoms in total. The summed E-state index contributed by atoms with van der Waals surface area (Å²) in [6.45, 7) is 2.98. The molecule has 0 aliphatic carbocycles. The number of amides is 1. The van der Waals surface area contributed by atoms with Crippen molar-refractivity contribution in [3.8, 4) is 16.9 Å². The van der Waals surface area contributed by atoms with Crippen molar-refractivity contribution in [2.45, 2.75) is 26.1 Å². The number of aliphatic hydroxyl groups is 1. The number of carbonyl (C=O) groups excluding carboxylic acids is 1. The first-order chi connectivity index (χ1) is 15.5. The number of halogens is 1. The second-order valence-electron chi connectivity index (χ2n) is 7.14. The summed E-state index contributed by atoms with van der Waals surface area (Å²) in [5, 5.41) is 12.4. The smallest absolute Gasteiger partial charge is 0.269 e. The second kappa shape index (κ2) is 11.6. The van der Waals surface area contributed by atoms with E-state index in [1.54, 1.807) is 19.3 Å². The number of benzene rings is 2. The molecule has 0 radical (unpaired) electrons. The van der Waals surface area contributed by atoms with Gasteiger partial charge in [-0.15, -0.1) is 0 Å². The third-order valence-corrected chi connectivity index (χ3v) is 5.31. The first kappa shape index (κ1) is 23.7. The Labute approximate surface area is 193 Å². The Morgan fingerprint density at radius 1 is 1.16 bits per heavy atom. The van der Waals surface area contributed by atoms with Gasteiger partial charge in [0.2, 0.25) is 0 Å². The maximum atomic E-state index is 11.7. The lowest BCUT2D eigenvalue weighted by Crippen LogP contribution is -2.18. The Hall–Kier alpha value is -2.93. The van der Waals surface area contributed by atoms with Crippen LogP contribution in [0, 0.1) is 0 Å². The van der Waals surface area contributed by atoms with Gasteiger partial charge in [0.25, 0.3) is 5.91 Å². The van der Waals surface area contributed by atoms with Crippen LogP contribution >= 0.6 is 11.6 Å². The van der Waals surface area contributed by atoms with E-state index in [9.17, 15) is 9.90 Å². The lowest BCUT2D eigenvalue weighted by molar-refractivity contribution is 0.0431. The van der Waals surface area contributed by atoms with E-state index >= 15 is 0 Å². The molecule has 3 aromatic rings. The monoisotopic (exact) mass is 454 g/mol. The minimum absolute atomic E-state index is 0.0753. The number of hydrogen-bond donors (Lipinski definition) is 2. The zero-order valence-electron chi connectivity index (χ0n) is 18.2. The molecule has 0 bridgehead atoms. The molecule has 1 amide bonds. The van der Waals surface area contributed by atoms with Gasteiger partial charge in [-0.2, -0.15) is 0 Å². The summed E-state index contributed by atoms with van der Waals surface area (Å²) < 4.78 is 11.6. The predicted molar refractivity (Wildman–Crippen MR) is 125 cm³/mol. The molecule has 0 fully saturated rings. The van der Waals surface area contributed by atoms with Gasteiger partial charge in [-0.3, -0.25) is 9.78 Å². The van der Waals surface area contributed by atoms with Gasteiger partial charge in [0.1, 0.15) is 18.1 Å². The third-order valence-electron chi connectivity index (χ3n) is 4.98. The van der Waals surface area contributed by atoms with Gasteiger partial charge in [0.15, 0.2) is 0 Å². The molecule has 3 rings (SSSR count). The molecule has 1 heterocycles. The van der Waals surface area contributed by atoms with Crippen LogP contribution in [0.5, 0.6) is 5.75 Å². The summed E-state index contributed by atoms with van der Waals surface area (Å²) in [6, 6.07) is 16.9. The van der Waals surface area contributed by atoms with Crippen LogP contribution in [0.1, 0.15) is 41.1 Å². The lowest BCUT2D eigenvalue weighted by atomic mass is 10.0. The van der Waals surface area contributed by atoms with Crippen molar-refractivity contribution in [1.29, 1.82) is 0 Å². The predicted octanol–water partition coefficient (Wildman–Crippen LogP) is 4.80. The van der Waals surface area contributed by atoms with E-state index in [2.05, 4.69) is 10.3 Å². The van der Waals surface area contributed by atoms with E-state index in [1.165, 1.54) is 0 Å². The molecule has 2 N–H and O–H groups in total. The third kappa shape index (κ3) is 6.07. The summed E-state index contributed by atoms with van der Waals surface area (Å²) >= 11 is 6.40. The van der Waals surface area contributed by atoms with Crippen LogP contribution in [0.15, 0.2) is 60.8 Å². The number of nitrogens with one attached hydrogen (secondary N) is 1. The molecule has 1 aromatic heterocycles. The first-order valence-electron chi connectivity index (χ1n) is 10.5. The second-order valence-corrected chi connectivity index (χ2v) is 7.55. The molecule has 0 unspecified atom stereocenters. The lowest BCUT2D eigenvalue weighted by Gasteiger charge is -2.17. The van der Waals surface area contributed by atoms with Crippen molar-refractivity contribution in [3.63, 3.8) is 0 Å². The number of hydrogen-bond acceptors (Lipinski definition) is 5. The Morgan fingerprint density at radius 3 is 2.56 bits per heavy atom. The summed E-state index contributed by atoms with van der Waals surface area (Å²) in [5.74, 6) is 0.501. The van der Waals surface area contributed by atoms with Crippen LogP contribution in [-0.4, -0.2) is 36.3 Å². The number of carbonyl (C=O) groups is 1. The first-order valence-corrected chi connectivity index (χ1v) is 10.9. The Kier molecular flexibility index (Phi) is 8.62. The summed E-state index contributed by atoms with van der Waals surface area (Å²) in [7, 11) is 1.57. The Bertz CT molecular complexity index is 1020. The van der Waals surface area contributed by atoms with Gasteiger partial charge in [-0.25, -0.2) is 0 Å². The van der Waals surface area contributed by atoms with E-state index in [4.69, 9.17) is 21.1 Å². The zero-order chi connectivity index (χ0) is 22.9. The molecule has 0 saturated heterocycles. The summed E-state index contributed by atoms with van der Waals surface area (Å²) in [6.07, 6.45) is 2.07. The highest BCUT2D eigenvalue weighted by molar-refractivity contribution is 6.33. The molecular formula is C25H27ClN2O4. The summed E-state index contributed by atoms with van der Waals surface area (Å²) in [4.78, 5) is 15.9. The largest absolute Gasteiger partial charge is 0.489 e. The number of ether oxygens (including phenoxy) is 2. The fraction of sp³-hybridized carbons (Fsp3) is 0.280. The zero-order valence-corrected chi connectivity index (χ0v) is 18.9. The number of pyridine rings is 1. The van der Waals surface area contributed by atoms with E-state index in [0.29, 0.717) is 30.4 Å². The maximum Gasteiger partial charge on any atom is 0.269 e. The molecule has 168 valence electrons. The van der Waals surface area contributed by atoms with Crippen LogP contribution in [0.25, 0.3) is 11.1 Å². The minimum Gasteiger partial charge on any atom is -0.489 e. The SMILES string of the molecule is CCO[C@@H](CCO)c1ccc(OCc2ccc(Cl)c(-c3ccc(C(=O)NC)nc3)c2)cc1. The van der Waals surface area contributed by atoms with E-state index in [1.807, 2.05) is 55.5 Å². The van der Waals surface area contributed by atoms with Gasteiger partial charge in [-0.05, 0) is 48.4 Å². The highest BCUT2D eigenvalue weighted by Crippen LogP contribution is 2.29. The topological polar surface area (TPSA) is 80.7 Å². The quantitative estimate of drug-likeness (QED) is 0.460. The van der Waals surface area contributed by atoms with Gasteiger partial charge in [0.05, 0.1) is 6.10 Å². The van der Waals surface area contributed by atoms with Crippen molar-refractivity contribution < 1.29 is 19.4 Å². The van der Waals surface area contributed by atoms with Crippen LogP contribution < -0.4 is 10.1 Å². The van der Waals surface area contributed by atoms with Crippen molar-refractivity contribution in [3.05, 3.63) is 82.6 Å². The van der Waals surface area contributed by atoms with E-state index < -0.39 is 0 Å². The minimum atomic E-state index is -0.236. The van der Waals surface area contributed by atoms with Crippen molar-refractivity contribution in [2.75, 3.05) is 20.3 Å². The average molecular weight is 455 g/mol. The highest BCUT2D eigenvalue weighted by Gasteiger charge is 2.12. The number of aromatic nitrogens is 1. The van der Waals surface area contributed by atoms with E-state index in [0.717, 1.165) is 28.0 Å². The van der Waals surface area contributed by atoms with Crippen LogP contribution in [0.2, 0.25) is 5.02 Å². The molecule has 1 atom stereocenters. The van der Waals surface area contributed by atoms with Crippen molar-refractivity contribution in [2.24, 2.45) is 0 Å². The standard InChI is InChI=1S/C25H27ClN2O4/c1-3-31-24(12-13-29)18-5-8-20(9-6-18)32-16-17-4-10-22(26)21(14-17)19-7-11-23(28-15-19)25(30)27-2/h4-11,14-15,24,29H,3,12-13,16H2,1-2H3,(H,27,30)/t24-/m0/s1. The molecule has 0 aliphatic heterocycles. The molecule has 0 spiro atoms. The fourth-order valence-corrected chi connectivity index (χ4v) is 3.54. The molecular weight excluding hydrogens is 428 g/mol. The van der Waals surface area contributed by atoms with Gasteiger partial charge in [0, 0.05) is 49.0 Å². The Balaban J connectivity index is 1.69. The Morgan fingerprint density at radius 2 is 1.94 bits per heavy atom. The molecule has 0 aliphatic rings. The maximum absolute atomic E-state index is 11.7. The number of aliphatic hydroxyl groups excluding tert-OH is 1. The van der Waals surface area contributed by atoms with Crippen LogP contribution in [0.3, 0.4) is 0 Å². The van der Waals surface area contributed by atoms with Gasteiger partial charge in [-0.1, -0.05) is 35.9 Å². The normalized spacial score (nSPS) is 11.8. The van der Waals surface area contributed by atoms with Crippen molar-refractivity contribution in [1.82, 2.24) is 10.3 Å². The highest BCUT2D eigenvalue weighted by atomic mass is 35.5. The van der Waals surface area contributed by atoms with Crippen LogP contribution in [0.4, 0.5) is 0 Å².